The van der Waals surface area contributed by atoms with Crippen molar-refractivity contribution in [3.05, 3.63) is 58.6 Å². The maximum atomic E-state index is 10.7. The molecular formula is C22H26ClN3O3. The van der Waals surface area contributed by atoms with E-state index in [1.165, 1.54) is 43.9 Å². The van der Waals surface area contributed by atoms with E-state index in [1.54, 1.807) is 18.2 Å². The number of rotatable bonds is 8. The van der Waals surface area contributed by atoms with Crippen LogP contribution >= 0.6 is 11.6 Å². The van der Waals surface area contributed by atoms with Crippen LogP contribution in [-0.2, 0) is 0 Å². The van der Waals surface area contributed by atoms with Gasteiger partial charge in [0.15, 0.2) is 0 Å². The lowest BCUT2D eigenvalue weighted by atomic mass is 9.84. The van der Waals surface area contributed by atoms with E-state index in [-0.39, 0.29) is 0 Å². The number of hydrogen-bond donors (Lipinski definition) is 2. The van der Waals surface area contributed by atoms with Gasteiger partial charge in [0.25, 0.3) is 0 Å². The lowest BCUT2D eigenvalue weighted by Gasteiger charge is -2.22. The van der Waals surface area contributed by atoms with Gasteiger partial charge >= 0.3 is 6.03 Å². The zero-order valence-corrected chi connectivity index (χ0v) is 17.0. The molecule has 0 radical (unpaired) electrons. The molecule has 0 heterocycles. The Labute approximate surface area is 176 Å². The number of primary amides is 1. The van der Waals surface area contributed by atoms with Gasteiger partial charge in [-0.05, 0) is 54.7 Å². The molecular weight excluding hydrogens is 390 g/mol. The van der Waals surface area contributed by atoms with Gasteiger partial charge in [0, 0.05) is 10.6 Å². The number of nitrogens with zero attached hydrogens (tertiary/aromatic N) is 1. The highest BCUT2D eigenvalue weighted by atomic mass is 35.5. The van der Waals surface area contributed by atoms with Gasteiger partial charge in [-0.1, -0.05) is 43.0 Å². The number of nitrogens with one attached hydrogen (secondary N) is 1. The van der Waals surface area contributed by atoms with Gasteiger partial charge in [0.1, 0.15) is 24.7 Å². The predicted molar refractivity (Wildman–Crippen MR) is 115 cm³/mol. The molecule has 0 saturated heterocycles. The summed E-state index contributed by atoms with van der Waals surface area (Å²) < 4.78 is 11.6. The second-order valence-electron chi connectivity index (χ2n) is 7.02. The highest BCUT2D eigenvalue weighted by Crippen LogP contribution is 2.33. The van der Waals surface area contributed by atoms with Gasteiger partial charge in [-0.15, -0.1) is 0 Å². The first-order chi connectivity index (χ1) is 14.1. The number of hydrazone groups is 1. The zero-order valence-electron chi connectivity index (χ0n) is 16.3. The molecule has 7 heteroatoms. The smallest absolute Gasteiger partial charge is 0.332 e. The third kappa shape index (κ3) is 6.68. The molecule has 0 unspecified atom stereocenters. The number of benzene rings is 2. The van der Waals surface area contributed by atoms with E-state index in [2.05, 4.69) is 22.7 Å². The van der Waals surface area contributed by atoms with Crippen molar-refractivity contribution in [2.75, 3.05) is 13.2 Å². The first-order valence-electron chi connectivity index (χ1n) is 9.85. The number of hydrogen-bond acceptors (Lipinski definition) is 4. The Morgan fingerprint density at radius 1 is 1.10 bits per heavy atom. The molecule has 29 heavy (non-hydrogen) atoms. The monoisotopic (exact) mass is 415 g/mol. The molecule has 1 fully saturated rings. The number of amides is 2. The van der Waals surface area contributed by atoms with Crippen LogP contribution in [0.25, 0.3) is 0 Å². The van der Waals surface area contributed by atoms with Crippen molar-refractivity contribution in [3.8, 4) is 11.5 Å². The summed E-state index contributed by atoms with van der Waals surface area (Å²) in [5.41, 5.74) is 9.17. The highest BCUT2D eigenvalue weighted by Gasteiger charge is 2.15. The Kier molecular flexibility index (Phi) is 7.76. The molecule has 2 aromatic carbocycles. The zero-order chi connectivity index (χ0) is 20.5. The molecule has 0 atom stereocenters. The number of halogens is 1. The molecule has 1 saturated carbocycles. The maximum absolute atomic E-state index is 10.7. The number of ether oxygens (including phenoxy) is 2. The summed E-state index contributed by atoms with van der Waals surface area (Å²) in [6.07, 6.45) is 8.02. The summed E-state index contributed by atoms with van der Waals surface area (Å²) in [4.78, 5) is 10.7. The van der Waals surface area contributed by atoms with E-state index in [4.69, 9.17) is 26.8 Å². The van der Waals surface area contributed by atoms with Crippen LogP contribution in [0.1, 0.15) is 49.1 Å². The van der Waals surface area contributed by atoms with Crippen LogP contribution in [-0.4, -0.2) is 25.5 Å². The fourth-order valence-electron chi connectivity index (χ4n) is 3.50. The molecule has 3 N–H and O–H groups in total. The second-order valence-corrected chi connectivity index (χ2v) is 7.45. The molecule has 2 amide bonds. The minimum atomic E-state index is -0.742. The summed E-state index contributed by atoms with van der Waals surface area (Å²) in [6, 6.07) is 12.8. The minimum absolute atomic E-state index is 0.357. The molecule has 0 aromatic heterocycles. The van der Waals surface area contributed by atoms with Crippen LogP contribution in [0.5, 0.6) is 11.5 Å². The summed E-state index contributed by atoms with van der Waals surface area (Å²) in [5, 5.41) is 4.28. The average molecular weight is 416 g/mol. The van der Waals surface area contributed by atoms with E-state index >= 15 is 0 Å². The molecule has 3 rings (SSSR count). The summed E-state index contributed by atoms with van der Waals surface area (Å²) in [5.74, 6) is 2.10. The quantitative estimate of drug-likeness (QED) is 0.367. The fraction of sp³-hybridized carbons (Fsp3) is 0.364. The van der Waals surface area contributed by atoms with Crippen LogP contribution < -0.4 is 20.6 Å². The van der Waals surface area contributed by atoms with Gasteiger partial charge in [-0.25, -0.2) is 10.2 Å². The van der Waals surface area contributed by atoms with Crippen LogP contribution in [0.2, 0.25) is 5.02 Å². The second kappa shape index (κ2) is 10.7. The van der Waals surface area contributed by atoms with Crippen LogP contribution in [0.15, 0.2) is 47.6 Å². The molecule has 2 aromatic rings. The van der Waals surface area contributed by atoms with Crippen molar-refractivity contribution in [3.63, 3.8) is 0 Å². The lowest BCUT2D eigenvalue weighted by Crippen LogP contribution is -2.24. The molecule has 0 aliphatic heterocycles. The van der Waals surface area contributed by atoms with Gasteiger partial charge in [0.2, 0.25) is 0 Å². The van der Waals surface area contributed by atoms with E-state index in [9.17, 15) is 4.79 Å². The topological polar surface area (TPSA) is 85.9 Å². The van der Waals surface area contributed by atoms with Crippen molar-refractivity contribution in [2.24, 2.45) is 10.8 Å². The lowest BCUT2D eigenvalue weighted by molar-refractivity contribution is 0.217. The van der Waals surface area contributed by atoms with Gasteiger partial charge in [-0.2, -0.15) is 5.10 Å². The van der Waals surface area contributed by atoms with E-state index in [0.717, 1.165) is 5.75 Å². The Morgan fingerprint density at radius 2 is 1.83 bits per heavy atom. The van der Waals surface area contributed by atoms with Crippen molar-refractivity contribution in [1.82, 2.24) is 5.43 Å². The number of carbonyl (C=O) groups is 1. The Balaban J connectivity index is 1.49. The van der Waals surface area contributed by atoms with Crippen molar-refractivity contribution >= 4 is 23.8 Å². The fourth-order valence-corrected chi connectivity index (χ4v) is 3.68. The maximum Gasteiger partial charge on any atom is 0.332 e. The molecule has 0 spiro atoms. The summed E-state index contributed by atoms with van der Waals surface area (Å²) >= 11 is 6.01. The summed E-state index contributed by atoms with van der Waals surface area (Å²) in [7, 11) is 0. The number of urea groups is 1. The van der Waals surface area contributed by atoms with E-state index < -0.39 is 6.03 Å². The third-order valence-electron chi connectivity index (χ3n) is 4.92. The highest BCUT2D eigenvalue weighted by molar-refractivity contribution is 6.30. The van der Waals surface area contributed by atoms with E-state index in [1.807, 2.05) is 12.1 Å². The first kappa shape index (κ1) is 21.0. The van der Waals surface area contributed by atoms with Crippen LogP contribution in [0, 0.1) is 0 Å². The van der Waals surface area contributed by atoms with E-state index in [0.29, 0.717) is 35.5 Å². The Hall–Kier alpha value is -2.73. The molecule has 154 valence electrons. The minimum Gasteiger partial charge on any atom is -0.490 e. The van der Waals surface area contributed by atoms with Gasteiger partial charge < -0.3 is 15.2 Å². The normalized spacial score (nSPS) is 14.7. The first-order valence-corrected chi connectivity index (χ1v) is 10.2. The molecule has 0 bridgehead atoms. The van der Waals surface area contributed by atoms with Crippen molar-refractivity contribution in [1.29, 1.82) is 0 Å². The standard InChI is InChI=1S/C22H26ClN3O3/c23-19-8-11-21(18(14-19)15-25-26-22(24)27)29-13-12-28-20-9-6-17(7-10-20)16-4-2-1-3-5-16/h6-11,14-16H,1-5,12-13H2,(H3,24,26,27)/b25-15+. The van der Waals surface area contributed by atoms with Crippen LogP contribution in [0.4, 0.5) is 4.79 Å². The molecule has 1 aliphatic carbocycles. The van der Waals surface area contributed by atoms with Gasteiger partial charge in [0.05, 0.1) is 6.21 Å². The van der Waals surface area contributed by atoms with Crippen molar-refractivity contribution in [2.45, 2.75) is 38.0 Å². The third-order valence-corrected chi connectivity index (χ3v) is 5.15. The molecule has 1 aliphatic rings. The Bertz CT molecular complexity index is 834. The predicted octanol–water partition coefficient (Wildman–Crippen LogP) is 4.85. The SMILES string of the molecule is NC(=O)N/N=C/c1cc(Cl)ccc1OCCOc1ccc(C2CCCCC2)cc1. The molecule has 6 nitrogen and oxygen atoms in total. The van der Waals surface area contributed by atoms with Gasteiger partial charge in [-0.3, -0.25) is 0 Å². The van der Waals surface area contributed by atoms with Crippen molar-refractivity contribution < 1.29 is 14.3 Å². The number of nitrogens with two attached hydrogens (primary N) is 1. The number of carbonyl (C=O) groups excluding carboxylic acids is 1. The largest absolute Gasteiger partial charge is 0.490 e. The Morgan fingerprint density at radius 3 is 2.55 bits per heavy atom. The van der Waals surface area contributed by atoms with Crippen LogP contribution in [0.3, 0.4) is 0 Å². The average Bonchev–Trinajstić information content (AvgIpc) is 2.73. The summed E-state index contributed by atoms with van der Waals surface area (Å²) in [6.45, 7) is 0.762.